The summed E-state index contributed by atoms with van der Waals surface area (Å²) in [5.41, 5.74) is -0.151. The van der Waals surface area contributed by atoms with E-state index in [2.05, 4.69) is 5.32 Å². The average Bonchev–Trinajstić information content (AvgIpc) is 2.43. The number of hydrogen-bond donors (Lipinski definition) is 1. The van der Waals surface area contributed by atoms with Crippen molar-refractivity contribution in [1.82, 2.24) is 10.2 Å². The maximum absolute atomic E-state index is 12.7. The van der Waals surface area contributed by atoms with E-state index in [9.17, 15) is 9.59 Å². The molecule has 21 heavy (non-hydrogen) atoms. The first-order chi connectivity index (χ1) is 9.70. The summed E-state index contributed by atoms with van der Waals surface area (Å²) in [5, 5.41) is 3.87. The van der Waals surface area contributed by atoms with Crippen molar-refractivity contribution < 1.29 is 9.59 Å². The molecule has 0 spiro atoms. The number of carbonyl (C=O) groups excluding carboxylic acids is 2. The highest BCUT2D eigenvalue weighted by molar-refractivity contribution is 6.33. The molecule has 114 valence electrons. The lowest BCUT2D eigenvalue weighted by atomic mass is 10.0. The summed E-state index contributed by atoms with van der Waals surface area (Å²) in [6.45, 7) is 5.60. The van der Waals surface area contributed by atoms with E-state index in [-0.39, 0.29) is 24.3 Å². The van der Waals surface area contributed by atoms with E-state index in [4.69, 9.17) is 23.2 Å². The van der Waals surface area contributed by atoms with Crippen molar-refractivity contribution in [3.63, 3.8) is 0 Å². The minimum Gasteiger partial charge on any atom is -0.342 e. The van der Waals surface area contributed by atoms with Gasteiger partial charge in [0.2, 0.25) is 11.8 Å². The molecule has 2 rings (SSSR count). The lowest BCUT2D eigenvalue weighted by Crippen LogP contribution is -2.53. The minimum absolute atomic E-state index is 0.124. The first kappa shape index (κ1) is 16.1. The largest absolute Gasteiger partial charge is 0.342 e. The minimum atomic E-state index is -0.924. The fraction of sp³-hybridized carbons (Fsp3) is 0.467. The van der Waals surface area contributed by atoms with Gasteiger partial charge in [-0.2, -0.15) is 0 Å². The monoisotopic (exact) mass is 328 g/mol. The number of nitrogens with zero attached hydrogens (tertiary/aromatic N) is 1. The van der Waals surface area contributed by atoms with Crippen LogP contribution in [0.25, 0.3) is 0 Å². The molecule has 6 heteroatoms. The van der Waals surface area contributed by atoms with Gasteiger partial charge in [-0.3, -0.25) is 9.59 Å². The van der Waals surface area contributed by atoms with Gasteiger partial charge < -0.3 is 10.2 Å². The van der Waals surface area contributed by atoms with Crippen LogP contribution in [0, 0.1) is 0 Å². The number of carbonyl (C=O) groups is 2. The molecule has 1 aromatic carbocycles. The molecule has 0 aromatic heterocycles. The van der Waals surface area contributed by atoms with Gasteiger partial charge in [0, 0.05) is 29.1 Å². The van der Waals surface area contributed by atoms with Gasteiger partial charge in [0.25, 0.3) is 0 Å². The van der Waals surface area contributed by atoms with E-state index in [0.29, 0.717) is 16.6 Å². The highest BCUT2D eigenvalue weighted by Crippen LogP contribution is 2.26. The molecule has 0 saturated carbocycles. The van der Waals surface area contributed by atoms with Crippen LogP contribution in [-0.2, 0) is 16.1 Å². The molecule has 0 bridgehead atoms. The van der Waals surface area contributed by atoms with Gasteiger partial charge in [-0.05, 0) is 44.5 Å². The van der Waals surface area contributed by atoms with Crippen molar-refractivity contribution >= 4 is 35.0 Å². The molecule has 1 aliphatic rings. The van der Waals surface area contributed by atoms with E-state index in [0.717, 1.165) is 5.56 Å². The third-order valence-electron chi connectivity index (χ3n) is 3.61. The second-order valence-electron chi connectivity index (χ2n) is 5.90. The summed E-state index contributed by atoms with van der Waals surface area (Å²) in [7, 11) is 0. The predicted octanol–water partition coefficient (Wildman–Crippen LogP) is 3.01. The third kappa shape index (κ3) is 3.50. The van der Waals surface area contributed by atoms with Gasteiger partial charge in [-0.25, -0.2) is 0 Å². The number of rotatable bonds is 2. The predicted molar refractivity (Wildman–Crippen MR) is 83.3 cm³/mol. The molecule has 1 fully saturated rings. The fourth-order valence-corrected chi connectivity index (χ4v) is 2.84. The second kappa shape index (κ2) is 5.85. The van der Waals surface area contributed by atoms with Crippen molar-refractivity contribution in [2.45, 2.75) is 45.3 Å². The van der Waals surface area contributed by atoms with Gasteiger partial charge in [0.15, 0.2) is 0 Å². The van der Waals surface area contributed by atoms with Crippen LogP contribution in [0.15, 0.2) is 18.2 Å². The number of amides is 2. The first-order valence-corrected chi connectivity index (χ1v) is 7.52. The van der Waals surface area contributed by atoms with Crippen LogP contribution >= 0.6 is 23.2 Å². The highest BCUT2D eigenvalue weighted by Gasteiger charge is 2.39. The van der Waals surface area contributed by atoms with Crippen molar-refractivity contribution in [3.05, 3.63) is 33.8 Å². The molecule has 1 saturated heterocycles. The van der Waals surface area contributed by atoms with E-state index >= 15 is 0 Å². The molecule has 1 unspecified atom stereocenters. The third-order valence-corrected chi connectivity index (χ3v) is 4.21. The number of nitrogens with one attached hydrogen (secondary N) is 1. The van der Waals surface area contributed by atoms with E-state index in [1.54, 1.807) is 36.9 Å². The first-order valence-electron chi connectivity index (χ1n) is 6.76. The maximum atomic E-state index is 12.7. The molecule has 1 atom stereocenters. The van der Waals surface area contributed by atoms with Crippen LogP contribution in [-0.4, -0.2) is 28.3 Å². The van der Waals surface area contributed by atoms with Gasteiger partial charge in [0.05, 0.1) is 0 Å². The lowest BCUT2D eigenvalue weighted by Gasteiger charge is -2.32. The molecule has 2 amide bonds. The number of hydrogen-bond acceptors (Lipinski definition) is 2. The molecule has 1 N–H and O–H groups in total. The summed E-state index contributed by atoms with van der Waals surface area (Å²) in [6, 6.07) is 4.96. The van der Waals surface area contributed by atoms with E-state index in [1.165, 1.54) is 0 Å². The molecule has 1 aromatic rings. The average molecular weight is 329 g/mol. The van der Waals surface area contributed by atoms with E-state index in [1.807, 2.05) is 6.92 Å². The Labute approximate surface area is 134 Å². The van der Waals surface area contributed by atoms with Gasteiger partial charge >= 0.3 is 0 Å². The van der Waals surface area contributed by atoms with Gasteiger partial charge in [-0.15, -0.1) is 0 Å². The Morgan fingerprint density at radius 3 is 2.67 bits per heavy atom. The number of halogens is 2. The summed E-state index contributed by atoms with van der Waals surface area (Å²) in [5.74, 6) is -0.252. The van der Waals surface area contributed by atoms with Crippen LogP contribution in [0.3, 0.4) is 0 Å². The van der Waals surface area contributed by atoms with Crippen LogP contribution in [0.4, 0.5) is 0 Å². The zero-order valence-corrected chi connectivity index (χ0v) is 13.8. The van der Waals surface area contributed by atoms with Gasteiger partial charge in [-0.1, -0.05) is 23.2 Å². The maximum Gasteiger partial charge on any atom is 0.248 e. The quantitative estimate of drug-likeness (QED) is 0.907. The molecule has 1 aliphatic heterocycles. The van der Waals surface area contributed by atoms with Crippen molar-refractivity contribution in [3.8, 4) is 0 Å². The topological polar surface area (TPSA) is 49.4 Å². The summed E-state index contributed by atoms with van der Waals surface area (Å²) < 4.78 is 0. The van der Waals surface area contributed by atoms with Crippen molar-refractivity contribution in [1.29, 1.82) is 0 Å². The standard InChI is InChI=1S/C15H18Cl2N2O2/c1-9-6-13(20)18-15(2,3)14(21)19(9)8-10-7-11(16)4-5-12(10)17/h4-5,7,9H,6,8H2,1-3H3,(H,18,20). The molecule has 0 radical (unpaired) electrons. The normalized spacial score (nSPS) is 22.0. The molecule has 4 nitrogen and oxygen atoms in total. The van der Waals surface area contributed by atoms with Crippen LogP contribution in [0.2, 0.25) is 10.0 Å². The Morgan fingerprint density at radius 2 is 2.00 bits per heavy atom. The second-order valence-corrected chi connectivity index (χ2v) is 6.74. The fourth-order valence-electron chi connectivity index (χ4n) is 2.47. The summed E-state index contributed by atoms with van der Waals surface area (Å²) in [6.07, 6.45) is 0.271. The SMILES string of the molecule is CC1CC(=O)NC(C)(C)C(=O)N1Cc1cc(Cl)ccc1Cl. The Balaban J connectivity index is 2.33. The Hall–Kier alpha value is -1.26. The highest BCUT2D eigenvalue weighted by atomic mass is 35.5. The van der Waals surface area contributed by atoms with Crippen molar-refractivity contribution in [2.75, 3.05) is 0 Å². The van der Waals surface area contributed by atoms with Crippen molar-refractivity contribution in [2.24, 2.45) is 0 Å². The zero-order valence-electron chi connectivity index (χ0n) is 12.2. The molecule has 1 heterocycles. The summed E-state index contributed by atoms with van der Waals surface area (Å²) in [4.78, 5) is 26.2. The Morgan fingerprint density at radius 1 is 1.33 bits per heavy atom. The van der Waals surface area contributed by atoms with Crippen LogP contribution in [0.1, 0.15) is 32.8 Å². The lowest BCUT2D eigenvalue weighted by molar-refractivity contribution is -0.139. The number of benzene rings is 1. The van der Waals surface area contributed by atoms with Crippen LogP contribution < -0.4 is 5.32 Å². The summed E-state index contributed by atoms with van der Waals surface area (Å²) >= 11 is 12.2. The van der Waals surface area contributed by atoms with Gasteiger partial charge in [0.1, 0.15) is 5.54 Å². The molecular formula is C15H18Cl2N2O2. The zero-order chi connectivity index (χ0) is 15.8. The Kier molecular flexibility index (Phi) is 4.49. The molecular weight excluding hydrogens is 311 g/mol. The van der Waals surface area contributed by atoms with Crippen LogP contribution in [0.5, 0.6) is 0 Å². The Bertz CT molecular complexity index is 587. The molecule has 0 aliphatic carbocycles. The van der Waals surface area contributed by atoms with E-state index < -0.39 is 5.54 Å². The smallest absolute Gasteiger partial charge is 0.248 e.